The van der Waals surface area contributed by atoms with Crippen molar-refractivity contribution in [1.29, 1.82) is 0 Å². The van der Waals surface area contributed by atoms with Gasteiger partial charge in [0.05, 0.1) is 5.54 Å². The first-order chi connectivity index (χ1) is 7.09. The molecule has 0 saturated carbocycles. The second kappa shape index (κ2) is 3.89. The van der Waals surface area contributed by atoms with Crippen LogP contribution in [0.3, 0.4) is 0 Å². The van der Waals surface area contributed by atoms with E-state index in [1.165, 1.54) is 25.0 Å². The number of hydrogen-bond acceptors (Lipinski definition) is 3. The average molecular weight is 207 g/mol. The molecule has 0 aromatic rings. The Hall–Kier alpha value is -0.960. The van der Waals surface area contributed by atoms with Crippen molar-refractivity contribution in [2.45, 2.75) is 38.1 Å². The molecule has 0 aromatic heterocycles. The summed E-state index contributed by atoms with van der Waals surface area (Å²) in [6, 6.07) is 0. The Labute approximate surface area is 91.8 Å². The molecule has 4 N–H and O–H groups in total. The van der Waals surface area contributed by atoms with E-state index in [1.54, 1.807) is 0 Å². The molecule has 1 aliphatic carbocycles. The molecule has 0 amide bonds. The zero-order valence-corrected chi connectivity index (χ0v) is 9.50. The van der Waals surface area contributed by atoms with Crippen LogP contribution in [-0.2, 0) is 0 Å². The lowest BCUT2D eigenvalue weighted by molar-refractivity contribution is 0.243. The van der Waals surface area contributed by atoms with Crippen molar-refractivity contribution in [3.8, 4) is 0 Å². The Kier molecular flexibility index (Phi) is 2.74. The van der Waals surface area contributed by atoms with Crippen molar-refractivity contribution in [1.82, 2.24) is 4.90 Å². The van der Waals surface area contributed by atoms with Gasteiger partial charge in [-0.05, 0) is 38.3 Å². The molecule has 2 aliphatic rings. The molecule has 15 heavy (non-hydrogen) atoms. The van der Waals surface area contributed by atoms with Crippen LogP contribution in [-0.4, -0.2) is 23.5 Å². The Morgan fingerprint density at radius 3 is 2.47 bits per heavy atom. The number of nitrogens with two attached hydrogens (primary N) is 2. The van der Waals surface area contributed by atoms with E-state index in [0.29, 0.717) is 0 Å². The molecule has 1 saturated heterocycles. The lowest BCUT2D eigenvalue weighted by atomic mass is 9.87. The van der Waals surface area contributed by atoms with Gasteiger partial charge in [0, 0.05) is 30.9 Å². The van der Waals surface area contributed by atoms with E-state index in [9.17, 15) is 0 Å². The van der Waals surface area contributed by atoms with E-state index in [-0.39, 0.29) is 5.54 Å². The van der Waals surface area contributed by atoms with Gasteiger partial charge in [-0.3, -0.25) is 0 Å². The Morgan fingerprint density at radius 2 is 1.87 bits per heavy atom. The van der Waals surface area contributed by atoms with Crippen LogP contribution in [0.25, 0.3) is 0 Å². The third kappa shape index (κ3) is 2.17. The van der Waals surface area contributed by atoms with Crippen LogP contribution < -0.4 is 11.5 Å². The van der Waals surface area contributed by atoms with Crippen LogP contribution in [0, 0.1) is 0 Å². The summed E-state index contributed by atoms with van der Waals surface area (Å²) in [6.45, 7) is 4.37. The van der Waals surface area contributed by atoms with Crippen molar-refractivity contribution < 1.29 is 0 Å². The summed E-state index contributed by atoms with van der Waals surface area (Å²) >= 11 is 0. The summed E-state index contributed by atoms with van der Waals surface area (Å²) in [6.07, 6.45) is 8.79. The van der Waals surface area contributed by atoms with Crippen LogP contribution in [0.15, 0.2) is 23.5 Å². The van der Waals surface area contributed by atoms with Crippen molar-refractivity contribution in [3.05, 3.63) is 23.5 Å². The lowest BCUT2D eigenvalue weighted by Gasteiger charge is -2.40. The molecule has 0 aromatic carbocycles. The highest BCUT2D eigenvalue weighted by atomic mass is 15.2. The molecule has 1 fully saturated rings. The molecule has 3 nitrogen and oxygen atoms in total. The molecule has 1 atom stereocenters. The fourth-order valence-corrected chi connectivity index (χ4v) is 2.55. The van der Waals surface area contributed by atoms with Gasteiger partial charge in [-0.2, -0.15) is 0 Å². The minimum Gasteiger partial charge on any atom is -0.402 e. The third-order valence-electron chi connectivity index (χ3n) is 3.31. The summed E-state index contributed by atoms with van der Waals surface area (Å²) in [5.74, 6) is 0. The van der Waals surface area contributed by atoms with Gasteiger partial charge in [0.2, 0.25) is 0 Å². The second-order valence-electron chi connectivity index (χ2n) is 4.94. The zero-order valence-electron chi connectivity index (χ0n) is 9.50. The number of likely N-dealkylation sites (tertiary alicyclic amines) is 1. The summed E-state index contributed by atoms with van der Waals surface area (Å²) in [5.41, 5.74) is 14.0. The molecule has 0 bridgehead atoms. The Balaban J connectivity index is 2.18. The largest absolute Gasteiger partial charge is 0.402 e. The van der Waals surface area contributed by atoms with Gasteiger partial charge in [-0.25, -0.2) is 0 Å². The highest BCUT2D eigenvalue weighted by Gasteiger charge is 2.31. The number of hydrogen-bond donors (Lipinski definition) is 2. The molecule has 1 heterocycles. The summed E-state index contributed by atoms with van der Waals surface area (Å²) in [5, 5.41) is 0. The van der Waals surface area contributed by atoms with Gasteiger partial charge in [0.1, 0.15) is 0 Å². The smallest absolute Gasteiger partial charge is 0.0586 e. The van der Waals surface area contributed by atoms with E-state index in [2.05, 4.69) is 17.9 Å². The van der Waals surface area contributed by atoms with Crippen LogP contribution in [0.5, 0.6) is 0 Å². The number of rotatable bonds is 1. The van der Waals surface area contributed by atoms with Gasteiger partial charge in [0.15, 0.2) is 0 Å². The van der Waals surface area contributed by atoms with Gasteiger partial charge in [-0.15, -0.1) is 0 Å². The summed E-state index contributed by atoms with van der Waals surface area (Å²) in [4.78, 5) is 2.42. The maximum absolute atomic E-state index is 6.31. The summed E-state index contributed by atoms with van der Waals surface area (Å²) in [7, 11) is 0. The Bertz CT molecular complexity index is 296. The van der Waals surface area contributed by atoms with Crippen molar-refractivity contribution in [3.63, 3.8) is 0 Å². The first kappa shape index (κ1) is 10.6. The SMILES string of the molecule is CC1(N)CC(N)=CC=C1N1CCCCC1. The quantitative estimate of drug-likeness (QED) is 0.682. The van der Waals surface area contributed by atoms with Crippen LogP contribution in [0.2, 0.25) is 0 Å². The molecule has 1 unspecified atom stereocenters. The molecular weight excluding hydrogens is 186 g/mol. The monoisotopic (exact) mass is 207 g/mol. The second-order valence-corrected chi connectivity index (χ2v) is 4.94. The number of piperidine rings is 1. The first-order valence-electron chi connectivity index (χ1n) is 5.80. The van der Waals surface area contributed by atoms with Crippen LogP contribution >= 0.6 is 0 Å². The maximum Gasteiger partial charge on any atom is 0.0586 e. The van der Waals surface area contributed by atoms with Gasteiger partial charge >= 0.3 is 0 Å². The topological polar surface area (TPSA) is 55.3 Å². The fourth-order valence-electron chi connectivity index (χ4n) is 2.55. The van der Waals surface area contributed by atoms with Crippen molar-refractivity contribution >= 4 is 0 Å². The molecule has 0 radical (unpaired) electrons. The normalized spacial score (nSPS) is 32.3. The van der Waals surface area contributed by atoms with Gasteiger partial charge < -0.3 is 16.4 Å². The highest BCUT2D eigenvalue weighted by molar-refractivity contribution is 5.31. The third-order valence-corrected chi connectivity index (χ3v) is 3.31. The number of allylic oxidation sites excluding steroid dienone is 2. The first-order valence-corrected chi connectivity index (χ1v) is 5.80. The molecule has 84 valence electrons. The van der Waals surface area contributed by atoms with Crippen molar-refractivity contribution in [2.24, 2.45) is 11.5 Å². The standard InChI is InChI=1S/C12H21N3/c1-12(14)9-10(13)5-6-11(12)15-7-3-2-4-8-15/h5-6H,2-4,7-9,13-14H2,1H3. The average Bonchev–Trinajstić information content (AvgIpc) is 2.17. The molecule has 2 rings (SSSR count). The van der Waals surface area contributed by atoms with Gasteiger partial charge in [-0.1, -0.05) is 0 Å². The molecular formula is C12H21N3. The van der Waals surface area contributed by atoms with E-state index in [0.717, 1.165) is 25.2 Å². The number of nitrogens with zero attached hydrogens (tertiary/aromatic N) is 1. The van der Waals surface area contributed by atoms with E-state index >= 15 is 0 Å². The van der Waals surface area contributed by atoms with Crippen molar-refractivity contribution in [2.75, 3.05) is 13.1 Å². The predicted octanol–water partition coefficient (Wildman–Crippen LogP) is 1.32. The highest BCUT2D eigenvalue weighted by Crippen LogP contribution is 2.29. The molecule has 3 heteroatoms. The fraction of sp³-hybridized carbons (Fsp3) is 0.667. The van der Waals surface area contributed by atoms with E-state index < -0.39 is 0 Å². The van der Waals surface area contributed by atoms with E-state index in [1.807, 2.05) is 6.08 Å². The van der Waals surface area contributed by atoms with Crippen LogP contribution in [0.1, 0.15) is 32.6 Å². The molecule has 1 aliphatic heterocycles. The molecule has 0 spiro atoms. The lowest BCUT2D eigenvalue weighted by Crippen LogP contribution is -2.48. The minimum absolute atomic E-state index is 0.282. The maximum atomic E-state index is 6.31. The zero-order chi connectivity index (χ0) is 10.9. The van der Waals surface area contributed by atoms with Crippen LogP contribution in [0.4, 0.5) is 0 Å². The van der Waals surface area contributed by atoms with E-state index in [4.69, 9.17) is 11.5 Å². The summed E-state index contributed by atoms with van der Waals surface area (Å²) < 4.78 is 0. The Morgan fingerprint density at radius 1 is 1.20 bits per heavy atom. The predicted molar refractivity (Wildman–Crippen MR) is 63.0 cm³/mol. The minimum atomic E-state index is -0.282. The van der Waals surface area contributed by atoms with Gasteiger partial charge in [0.25, 0.3) is 0 Å².